The number of nitrogens with zero attached hydrogens (tertiary/aromatic N) is 1. The second-order valence-electron chi connectivity index (χ2n) is 6.13. The quantitative estimate of drug-likeness (QED) is 0.779. The van der Waals surface area contributed by atoms with Gasteiger partial charge in [0.15, 0.2) is 0 Å². The van der Waals surface area contributed by atoms with Crippen molar-refractivity contribution in [3.05, 3.63) is 29.8 Å². The maximum atomic E-state index is 11.8. The summed E-state index contributed by atoms with van der Waals surface area (Å²) in [7, 11) is 0. The highest BCUT2D eigenvalue weighted by atomic mass is 16.5. The molecule has 0 spiro atoms. The maximum absolute atomic E-state index is 11.8. The van der Waals surface area contributed by atoms with Gasteiger partial charge in [-0.1, -0.05) is 12.1 Å². The fourth-order valence-corrected chi connectivity index (χ4v) is 2.92. The Morgan fingerprint density at radius 2 is 2.30 bits per heavy atom. The number of esters is 1. The fourth-order valence-electron chi connectivity index (χ4n) is 2.92. The van der Waals surface area contributed by atoms with Gasteiger partial charge in [-0.25, -0.2) is 0 Å². The number of carbonyl (C=O) groups excluding carboxylic acids is 1. The van der Waals surface area contributed by atoms with Gasteiger partial charge in [0.1, 0.15) is 18.5 Å². The summed E-state index contributed by atoms with van der Waals surface area (Å²) < 4.78 is 10.7. The standard InChI is InChI=1S/C18H27NO4/c1-3-22-18(21)15-7-5-9-19(11-15)12-16(20)13-23-17-8-4-6-14(2)10-17/h4,6,8,10,15-16,20H,3,5,7,9,11-13H2,1-2H3/t15-,16-/m0/s1. The Morgan fingerprint density at radius 3 is 3.04 bits per heavy atom. The van der Waals surface area contributed by atoms with Crippen LogP contribution in [0.25, 0.3) is 0 Å². The van der Waals surface area contributed by atoms with Crippen LogP contribution in [0.1, 0.15) is 25.3 Å². The molecule has 5 nitrogen and oxygen atoms in total. The molecule has 128 valence electrons. The lowest BCUT2D eigenvalue weighted by atomic mass is 9.98. The van der Waals surface area contributed by atoms with E-state index in [1.54, 1.807) is 0 Å². The molecule has 1 N–H and O–H groups in total. The van der Waals surface area contributed by atoms with Gasteiger partial charge >= 0.3 is 5.97 Å². The van der Waals surface area contributed by atoms with E-state index in [0.717, 1.165) is 30.7 Å². The fraction of sp³-hybridized carbons (Fsp3) is 0.611. The predicted molar refractivity (Wildman–Crippen MR) is 88.5 cm³/mol. The zero-order valence-corrected chi connectivity index (χ0v) is 14.0. The molecular weight excluding hydrogens is 294 g/mol. The number of rotatable bonds is 7. The molecule has 0 bridgehead atoms. The predicted octanol–water partition coefficient (Wildman–Crippen LogP) is 2.01. The van der Waals surface area contributed by atoms with Crippen LogP contribution in [0.15, 0.2) is 24.3 Å². The number of ether oxygens (including phenoxy) is 2. The summed E-state index contributed by atoms with van der Waals surface area (Å²) >= 11 is 0. The third kappa shape index (κ3) is 5.84. The maximum Gasteiger partial charge on any atom is 0.310 e. The third-order valence-electron chi connectivity index (χ3n) is 4.03. The first-order chi connectivity index (χ1) is 11.1. The van der Waals surface area contributed by atoms with Crippen molar-refractivity contribution in [2.75, 3.05) is 32.8 Å². The van der Waals surface area contributed by atoms with Crippen LogP contribution in [0.2, 0.25) is 0 Å². The number of aliphatic hydroxyl groups is 1. The Bertz CT molecular complexity index is 506. The number of aryl methyl sites for hydroxylation is 1. The van der Waals surface area contributed by atoms with Crippen LogP contribution in [-0.2, 0) is 9.53 Å². The average molecular weight is 321 g/mol. The number of aliphatic hydroxyl groups excluding tert-OH is 1. The molecular formula is C18H27NO4. The molecule has 1 saturated heterocycles. The molecule has 2 atom stereocenters. The summed E-state index contributed by atoms with van der Waals surface area (Å²) in [5.41, 5.74) is 1.13. The summed E-state index contributed by atoms with van der Waals surface area (Å²) in [5, 5.41) is 10.2. The molecule has 2 rings (SSSR count). The Hall–Kier alpha value is -1.59. The Balaban J connectivity index is 1.76. The number of piperidine rings is 1. The first kappa shape index (κ1) is 17.8. The van der Waals surface area contributed by atoms with Crippen LogP contribution >= 0.6 is 0 Å². The first-order valence-corrected chi connectivity index (χ1v) is 8.35. The number of hydrogen-bond acceptors (Lipinski definition) is 5. The molecule has 0 unspecified atom stereocenters. The van der Waals surface area contributed by atoms with Crippen LogP contribution in [0.5, 0.6) is 5.75 Å². The van der Waals surface area contributed by atoms with Crippen LogP contribution in [0.3, 0.4) is 0 Å². The molecule has 1 aliphatic rings. The van der Waals surface area contributed by atoms with Crippen molar-refractivity contribution in [1.29, 1.82) is 0 Å². The largest absolute Gasteiger partial charge is 0.491 e. The van der Waals surface area contributed by atoms with E-state index in [-0.39, 0.29) is 18.5 Å². The molecule has 1 aromatic rings. The molecule has 0 radical (unpaired) electrons. The van der Waals surface area contributed by atoms with E-state index in [4.69, 9.17) is 9.47 Å². The van der Waals surface area contributed by atoms with Gasteiger partial charge in [-0.3, -0.25) is 9.69 Å². The number of benzene rings is 1. The number of carbonyl (C=O) groups is 1. The van der Waals surface area contributed by atoms with E-state index in [0.29, 0.717) is 19.7 Å². The molecule has 1 fully saturated rings. The normalized spacial score (nSPS) is 20.0. The lowest BCUT2D eigenvalue weighted by Crippen LogP contribution is -2.44. The van der Waals surface area contributed by atoms with Crippen molar-refractivity contribution >= 4 is 5.97 Å². The van der Waals surface area contributed by atoms with E-state index in [1.165, 1.54) is 0 Å². The SMILES string of the molecule is CCOC(=O)[C@H]1CCCN(C[C@H](O)COc2cccc(C)c2)C1. The summed E-state index contributed by atoms with van der Waals surface area (Å²) in [6.07, 6.45) is 1.25. The Labute approximate surface area is 138 Å². The third-order valence-corrected chi connectivity index (χ3v) is 4.03. The smallest absolute Gasteiger partial charge is 0.310 e. The molecule has 5 heteroatoms. The zero-order chi connectivity index (χ0) is 16.7. The molecule has 1 aromatic carbocycles. The minimum Gasteiger partial charge on any atom is -0.491 e. The Morgan fingerprint density at radius 1 is 1.48 bits per heavy atom. The van der Waals surface area contributed by atoms with Crippen molar-refractivity contribution < 1.29 is 19.4 Å². The highest BCUT2D eigenvalue weighted by Crippen LogP contribution is 2.18. The highest BCUT2D eigenvalue weighted by molar-refractivity contribution is 5.72. The summed E-state index contributed by atoms with van der Waals surface area (Å²) in [5.74, 6) is 0.573. The average Bonchev–Trinajstić information content (AvgIpc) is 2.53. The van der Waals surface area contributed by atoms with Crippen LogP contribution in [0, 0.1) is 12.8 Å². The van der Waals surface area contributed by atoms with Crippen molar-refractivity contribution in [2.24, 2.45) is 5.92 Å². The second kappa shape index (κ2) is 8.89. The van der Waals surface area contributed by atoms with Crippen LogP contribution < -0.4 is 4.74 Å². The van der Waals surface area contributed by atoms with Crippen molar-refractivity contribution in [1.82, 2.24) is 4.90 Å². The summed E-state index contributed by atoms with van der Waals surface area (Å²) in [4.78, 5) is 14.0. The van der Waals surface area contributed by atoms with Gasteiger partial charge in [0.2, 0.25) is 0 Å². The lowest BCUT2D eigenvalue weighted by Gasteiger charge is -2.32. The monoisotopic (exact) mass is 321 g/mol. The summed E-state index contributed by atoms with van der Waals surface area (Å²) in [6, 6.07) is 7.78. The number of likely N-dealkylation sites (tertiary alicyclic amines) is 1. The number of β-amino-alcohol motifs (C(OH)–C–C–N with tert-alkyl or cyclic N) is 1. The zero-order valence-electron chi connectivity index (χ0n) is 14.0. The van der Waals surface area contributed by atoms with Gasteiger partial charge in [0.25, 0.3) is 0 Å². The molecule has 0 aromatic heterocycles. The molecule has 0 saturated carbocycles. The molecule has 0 amide bonds. The van der Waals surface area contributed by atoms with E-state index in [1.807, 2.05) is 38.1 Å². The van der Waals surface area contributed by atoms with E-state index in [9.17, 15) is 9.90 Å². The Kier molecular flexibility index (Phi) is 6.86. The molecule has 1 aliphatic heterocycles. The molecule has 0 aliphatic carbocycles. The van der Waals surface area contributed by atoms with Crippen LogP contribution in [-0.4, -0.2) is 54.9 Å². The van der Waals surface area contributed by atoms with Gasteiger partial charge in [0.05, 0.1) is 12.5 Å². The van der Waals surface area contributed by atoms with Gasteiger partial charge < -0.3 is 14.6 Å². The van der Waals surface area contributed by atoms with Gasteiger partial charge in [-0.05, 0) is 50.9 Å². The number of hydrogen-bond donors (Lipinski definition) is 1. The van der Waals surface area contributed by atoms with Crippen molar-refractivity contribution in [3.63, 3.8) is 0 Å². The van der Waals surface area contributed by atoms with Crippen LogP contribution in [0.4, 0.5) is 0 Å². The van der Waals surface area contributed by atoms with E-state index < -0.39 is 6.10 Å². The summed E-state index contributed by atoms with van der Waals surface area (Å²) in [6.45, 7) is 6.57. The lowest BCUT2D eigenvalue weighted by molar-refractivity contribution is -0.150. The van der Waals surface area contributed by atoms with Gasteiger partial charge in [-0.2, -0.15) is 0 Å². The minimum atomic E-state index is -0.573. The highest BCUT2D eigenvalue weighted by Gasteiger charge is 2.27. The molecule has 23 heavy (non-hydrogen) atoms. The van der Waals surface area contributed by atoms with Crippen molar-refractivity contribution in [3.8, 4) is 5.75 Å². The topological polar surface area (TPSA) is 59.0 Å². The first-order valence-electron chi connectivity index (χ1n) is 8.35. The van der Waals surface area contributed by atoms with E-state index in [2.05, 4.69) is 4.90 Å². The second-order valence-corrected chi connectivity index (χ2v) is 6.13. The minimum absolute atomic E-state index is 0.0754. The molecule has 1 heterocycles. The van der Waals surface area contributed by atoms with Crippen molar-refractivity contribution in [2.45, 2.75) is 32.8 Å². The van der Waals surface area contributed by atoms with Gasteiger partial charge in [-0.15, -0.1) is 0 Å². The van der Waals surface area contributed by atoms with E-state index >= 15 is 0 Å². The van der Waals surface area contributed by atoms with Gasteiger partial charge in [0, 0.05) is 13.1 Å².